The van der Waals surface area contributed by atoms with Gasteiger partial charge in [0.15, 0.2) is 0 Å². The van der Waals surface area contributed by atoms with Gasteiger partial charge in [-0.3, -0.25) is 14.9 Å². The Kier molecular flexibility index (Phi) is 3.91. The van der Waals surface area contributed by atoms with Crippen LogP contribution >= 0.6 is 0 Å². The minimum Gasteiger partial charge on any atom is -0.357 e. The van der Waals surface area contributed by atoms with Gasteiger partial charge in [0.1, 0.15) is 6.04 Å². The standard InChI is InChI=1S/C11H15N5O3/c1-12-11(17)9-7-13-5-6-15(9)10-8(16(18)19)3-2-4-14-10/h2-4,9,13H,5-7H2,1H3,(H,12,17). The van der Waals surface area contributed by atoms with Crippen LogP contribution in [0.1, 0.15) is 0 Å². The first-order valence-electron chi connectivity index (χ1n) is 5.93. The monoisotopic (exact) mass is 265 g/mol. The van der Waals surface area contributed by atoms with Gasteiger partial charge in [0.25, 0.3) is 0 Å². The number of anilines is 1. The molecule has 1 atom stereocenters. The Morgan fingerprint density at radius 1 is 1.68 bits per heavy atom. The largest absolute Gasteiger partial charge is 0.357 e. The number of nitro groups is 1. The van der Waals surface area contributed by atoms with Crippen molar-refractivity contribution in [2.24, 2.45) is 0 Å². The number of hydrogen-bond donors (Lipinski definition) is 2. The Balaban J connectivity index is 2.37. The molecule has 102 valence electrons. The van der Waals surface area contributed by atoms with Crippen LogP contribution in [0.5, 0.6) is 0 Å². The molecule has 1 amide bonds. The fourth-order valence-electron chi connectivity index (χ4n) is 2.11. The SMILES string of the molecule is CNC(=O)C1CNCCN1c1ncccc1[N+](=O)[O-]. The first-order chi connectivity index (χ1) is 9.15. The molecule has 1 aliphatic heterocycles. The summed E-state index contributed by atoms with van der Waals surface area (Å²) in [5.41, 5.74) is -0.0849. The molecule has 1 saturated heterocycles. The zero-order valence-corrected chi connectivity index (χ0v) is 10.5. The normalized spacial score (nSPS) is 19.0. The molecule has 0 aromatic carbocycles. The van der Waals surface area contributed by atoms with E-state index in [0.717, 1.165) is 0 Å². The molecule has 8 heteroatoms. The van der Waals surface area contributed by atoms with Gasteiger partial charge in [0, 0.05) is 38.9 Å². The Hall–Kier alpha value is -2.22. The maximum absolute atomic E-state index is 11.8. The number of carbonyl (C=O) groups is 1. The second kappa shape index (κ2) is 5.61. The molecule has 1 unspecified atom stereocenters. The lowest BCUT2D eigenvalue weighted by Crippen LogP contribution is -2.58. The molecule has 0 spiro atoms. The number of likely N-dealkylation sites (N-methyl/N-ethyl adjacent to an activating group) is 1. The van der Waals surface area contributed by atoms with E-state index in [0.29, 0.717) is 19.6 Å². The fourth-order valence-corrected chi connectivity index (χ4v) is 2.11. The molecule has 1 aliphatic rings. The molecular weight excluding hydrogens is 250 g/mol. The van der Waals surface area contributed by atoms with E-state index in [1.165, 1.54) is 18.3 Å². The van der Waals surface area contributed by atoms with E-state index in [4.69, 9.17) is 0 Å². The molecule has 19 heavy (non-hydrogen) atoms. The third-order valence-electron chi connectivity index (χ3n) is 3.03. The minimum absolute atomic E-state index is 0.0849. The number of nitrogens with one attached hydrogen (secondary N) is 2. The van der Waals surface area contributed by atoms with Gasteiger partial charge < -0.3 is 15.5 Å². The summed E-state index contributed by atoms with van der Waals surface area (Å²) in [5, 5.41) is 16.7. The van der Waals surface area contributed by atoms with Crippen molar-refractivity contribution in [1.82, 2.24) is 15.6 Å². The second-order valence-corrected chi connectivity index (χ2v) is 4.13. The van der Waals surface area contributed by atoms with Gasteiger partial charge >= 0.3 is 5.69 Å². The van der Waals surface area contributed by atoms with Crippen molar-refractivity contribution in [2.75, 3.05) is 31.6 Å². The van der Waals surface area contributed by atoms with Crippen LogP contribution in [0.3, 0.4) is 0 Å². The summed E-state index contributed by atoms with van der Waals surface area (Å²) >= 11 is 0. The Morgan fingerprint density at radius 3 is 3.16 bits per heavy atom. The van der Waals surface area contributed by atoms with Gasteiger partial charge in [-0.25, -0.2) is 4.98 Å². The van der Waals surface area contributed by atoms with E-state index in [2.05, 4.69) is 15.6 Å². The first kappa shape index (κ1) is 13.2. The number of piperazine rings is 1. The van der Waals surface area contributed by atoms with Gasteiger partial charge in [-0.05, 0) is 6.07 Å². The fraction of sp³-hybridized carbons (Fsp3) is 0.455. The number of rotatable bonds is 3. The average Bonchev–Trinajstić information content (AvgIpc) is 2.46. The van der Waals surface area contributed by atoms with Gasteiger partial charge in [0.05, 0.1) is 4.92 Å². The summed E-state index contributed by atoms with van der Waals surface area (Å²) in [6.45, 7) is 1.59. The smallest absolute Gasteiger partial charge is 0.311 e. The molecular formula is C11H15N5O3. The third kappa shape index (κ3) is 2.63. The van der Waals surface area contributed by atoms with Crippen LogP contribution in [0.4, 0.5) is 11.5 Å². The number of pyridine rings is 1. The number of hydrogen-bond acceptors (Lipinski definition) is 6. The van der Waals surface area contributed by atoms with Gasteiger partial charge in [-0.1, -0.05) is 0 Å². The van der Waals surface area contributed by atoms with E-state index in [1.807, 2.05) is 0 Å². The van der Waals surface area contributed by atoms with E-state index >= 15 is 0 Å². The Labute approximate surface area is 110 Å². The molecule has 0 radical (unpaired) electrons. The molecule has 0 aliphatic carbocycles. The highest BCUT2D eigenvalue weighted by Crippen LogP contribution is 2.26. The van der Waals surface area contributed by atoms with Crippen LogP contribution in [-0.4, -0.2) is 48.5 Å². The van der Waals surface area contributed by atoms with Crippen molar-refractivity contribution in [3.8, 4) is 0 Å². The second-order valence-electron chi connectivity index (χ2n) is 4.13. The van der Waals surface area contributed by atoms with E-state index < -0.39 is 11.0 Å². The zero-order chi connectivity index (χ0) is 13.8. The lowest BCUT2D eigenvalue weighted by atomic mass is 10.1. The van der Waals surface area contributed by atoms with Crippen LogP contribution < -0.4 is 15.5 Å². The molecule has 0 saturated carbocycles. The molecule has 8 nitrogen and oxygen atoms in total. The summed E-state index contributed by atoms with van der Waals surface area (Å²) in [4.78, 5) is 28.1. The molecule has 1 aromatic rings. The highest BCUT2D eigenvalue weighted by Gasteiger charge is 2.32. The molecule has 1 fully saturated rings. The third-order valence-corrected chi connectivity index (χ3v) is 3.03. The van der Waals surface area contributed by atoms with Gasteiger partial charge in [-0.15, -0.1) is 0 Å². The van der Waals surface area contributed by atoms with Crippen LogP contribution in [0.25, 0.3) is 0 Å². The quantitative estimate of drug-likeness (QED) is 0.565. The summed E-state index contributed by atoms with van der Waals surface area (Å²) in [5.74, 6) is 0.0507. The average molecular weight is 265 g/mol. The van der Waals surface area contributed by atoms with E-state index in [9.17, 15) is 14.9 Å². The van der Waals surface area contributed by atoms with Crippen molar-refractivity contribution in [3.05, 3.63) is 28.4 Å². The number of carbonyl (C=O) groups excluding carboxylic acids is 1. The van der Waals surface area contributed by atoms with Crippen LogP contribution in [-0.2, 0) is 4.79 Å². The number of nitrogens with zero attached hydrogens (tertiary/aromatic N) is 3. The molecule has 2 rings (SSSR count). The van der Waals surface area contributed by atoms with E-state index in [-0.39, 0.29) is 17.4 Å². The number of amides is 1. The lowest BCUT2D eigenvalue weighted by Gasteiger charge is -2.35. The Morgan fingerprint density at radius 2 is 2.47 bits per heavy atom. The molecule has 2 heterocycles. The zero-order valence-electron chi connectivity index (χ0n) is 10.5. The topological polar surface area (TPSA) is 100 Å². The predicted octanol–water partition coefficient (Wildman–Crippen LogP) is -0.486. The molecule has 0 bridgehead atoms. The van der Waals surface area contributed by atoms with Crippen molar-refractivity contribution < 1.29 is 9.72 Å². The van der Waals surface area contributed by atoms with Crippen molar-refractivity contribution in [2.45, 2.75) is 6.04 Å². The highest BCUT2D eigenvalue weighted by molar-refractivity contribution is 5.86. The van der Waals surface area contributed by atoms with Crippen molar-refractivity contribution >= 4 is 17.4 Å². The van der Waals surface area contributed by atoms with Gasteiger partial charge in [-0.2, -0.15) is 0 Å². The Bertz CT molecular complexity index is 493. The first-order valence-corrected chi connectivity index (χ1v) is 5.93. The molecule has 1 aromatic heterocycles. The summed E-state index contributed by atoms with van der Waals surface area (Å²) in [6, 6.07) is 2.41. The van der Waals surface area contributed by atoms with Crippen molar-refractivity contribution in [1.29, 1.82) is 0 Å². The van der Waals surface area contributed by atoms with Crippen molar-refractivity contribution in [3.63, 3.8) is 0 Å². The summed E-state index contributed by atoms with van der Waals surface area (Å²) in [6.07, 6.45) is 1.49. The summed E-state index contributed by atoms with van der Waals surface area (Å²) < 4.78 is 0. The number of aromatic nitrogens is 1. The van der Waals surface area contributed by atoms with Crippen LogP contribution in [0, 0.1) is 10.1 Å². The lowest BCUT2D eigenvalue weighted by molar-refractivity contribution is -0.384. The maximum Gasteiger partial charge on any atom is 0.311 e. The van der Waals surface area contributed by atoms with E-state index in [1.54, 1.807) is 11.9 Å². The predicted molar refractivity (Wildman–Crippen MR) is 69.0 cm³/mol. The van der Waals surface area contributed by atoms with Crippen LogP contribution in [0.15, 0.2) is 18.3 Å². The van der Waals surface area contributed by atoms with Crippen LogP contribution in [0.2, 0.25) is 0 Å². The van der Waals surface area contributed by atoms with Gasteiger partial charge in [0.2, 0.25) is 11.7 Å². The maximum atomic E-state index is 11.8. The highest BCUT2D eigenvalue weighted by atomic mass is 16.6. The molecule has 2 N–H and O–H groups in total. The summed E-state index contributed by atoms with van der Waals surface area (Å²) in [7, 11) is 1.54. The minimum atomic E-state index is -0.493.